The molecular weight excluding hydrogens is 188 g/mol. The summed E-state index contributed by atoms with van der Waals surface area (Å²) in [6.07, 6.45) is 2.64. The van der Waals surface area contributed by atoms with Gasteiger partial charge in [-0.3, -0.25) is 0 Å². The van der Waals surface area contributed by atoms with E-state index in [1.165, 1.54) is 12.4 Å². The van der Waals surface area contributed by atoms with Crippen molar-refractivity contribution >= 4 is 17.6 Å². The highest BCUT2D eigenvalue weighted by atomic mass is 15.1. The molecule has 0 bridgehead atoms. The van der Waals surface area contributed by atoms with Gasteiger partial charge in [0, 0.05) is 26.5 Å². The van der Waals surface area contributed by atoms with Crippen LogP contribution in [0.5, 0.6) is 0 Å². The van der Waals surface area contributed by atoms with E-state index in [0.29, 0.717) is 5.70 Å². The summed E-state index contributed by atoms with van der Waals surface area (Å²) in [6.45, 7) is 0. The summed E-state index contributed by atoms with van der Waals surface area (Å²) < 4.78 is 0. The molecule has 80 valence electrons. The van der Waals surface area contributed by atoms with E-state index in [-0.39, 0.29) is 0 Å². The van der Waals surface area contributed by atoms with Gasteiger partial charge in [-0.05, 0) is 12.1 Å². The highest BCUT2D eigenvalue weighted by molar-refractivity contribution is 5.85. The Kier molecular flexibility index (Phi) is 3.74. The number of hydrogen-bond donors (Lipinski definition) is 3. The van der Waals surface area contributed by atoms with Gasteiger partial charge in [-0.15, -0.1) is 0 Å². The molecule has 4 N–H and O–H groups in total. The number of para-hydroxylation sites is 2. The maximum Gasteiger partial charge on any atom is 0.0744 e. The smallest absolute Gasteiger partial charge is 0.0744 e. The SMILES string of the molecule is CNc1ccccc1N(C)/C(C=N)=C/N. The minimum atomic E-state index is 0.651. The van der Waals surface area contributed by atoms with Crippen molar-refractivity contribution in [3.05, 3.63) is 36.2 Å². The lowest BCUT2D eigenvalue weighted by Gasteiger charge is -2.22. The average molecular weight is 204 g/mol. The number of nitrogens with zero attached hydrogens (tertiary/aromatic N) is 1. The second-order valence-corrected chi connectivity index (χ2v) is 3.06. The molecule has 15 heavy (non-hydrogen) atoms. The average Bonchev–Trinajstić information content (AvgIpc) is 2.30. The highest BCUT2D eigenvalue weighted by Crippen LogP contribution is 2.25. The molecule has 4 heteroatoms. The standard InChI is InChI=1S/C11H16N4/c1-14-10-5-3-4-6-11(10)15(2)9(7-12)8-13/h3-8,12,14H,13H2,1-2H3/b9-8+,12-7?. The molecular formula is C11H16N4. The van der Waals surface area contributed by atoms with Crippen molar-refractivity contribution in [1.29, 1.82) is 5.41 Å². The Hall–Kier alpha value is -1.97. The molecule has 0 atom stereocenters. The fourth-order valence-electron chi connectivity index (χ4n) is 1.37. The van der Waals surface area contributed by atoms with Crippen LogP contribution in [0.3, 0.4) is 0 Å². The molecule has 0 aliphatic rings. The van der Waals surface area contributed by atoms with E-state index in [4.69, 9.17) is 11.1 Å². The zero-order chi connectivity index (χ0) is 11.3. The molecule has 0 aliphatic heterocycles. The van der Waals surface area contributed by atoms with Crippen LogP contribution in [0.2, 0.25) is 0 Å². The van der Waals surface area contributed by atoms with Gasteiger partial charge >= 0.3 is 0 Å². The molecule has 0 amide bonds. The van der Waals surface area contributed by atoms with Gasteiger partial charge in [0.25, 0.3) is 0 Å². The minimum Gasteiger partial charge on any atom is -0.403 e. The van der Waals surface area contributed by atoms with E-state index in [2.05, 4.69) is 5.32 Å². The Morgan fingerprint density at radius 2 is 2.13 bits per heavy atom. The molecule has 0 unspecified atom stereocenters. The molecule has 1 aromatic rings. The van der Waals surface area contributed by atoms with Gasteiger partial charge in [0.1, 0.15) is 0 Å². The molecule has 0 saturated carbocycles. The van der Waals surface area contributed by atoms with Gasteiger partial charge in [-0.1, -0.05) is 12.1 Å². The molecule has 0 fully saturated rings. The highest BCUT2D eigenvalue weighted by Gasteiger charge is 2.07. The zero-order valence-corrected chi connectivity index (χ0v) is 8.99. The van der Waals surface area contributed by atoms with E-state index in [9.17, 15) is 0 Å². The van der Waals surface area contributed by atoms with Crippen molar-refractivity contribution in [3.63, 3.8) is 0 Å². The summed E-state index contributed by atoms with van der Waals surface area (Å²) >= 11 is 0. The topological polar surface area (TPSA) is 65.1 Å². The number of nitrogens with one attached hydrogen (secondary N) is 2. The van der Waals surface area contributed by atoms with Crippen LogP contribution in [0.15, 0.2) is 36.2 Å². The van der Waals surface area contributed by atoms with Crippen LogP contribution in [-0.4, -0.2) is 20.3 Å². The second kappa shape index (κ2) is 5.05. The van der Waals surface area contributed by atoms with Crippen LogP contribution >= 0.6 is 0 Å². The molecule has 0 aliphatic carbocycles. The van der Waals surface area contributed by atoms with Gasteiger partial charge < -0.3 is 21.4 Å². The van der Waals surface area contributed by atoms with Crippen molar-refractivity contribution in [1.82, 2.24) is 0 Å². The van der Waals surface area contributed by atoms with Crippen molar-refractivity contribution in [2.45, 2.75) is 0 Å². The fourth-order valence-corrected chi connectivity index (χ4v) is 1.37. The van der Waals surface area contributed by atoms with Gasteiger partial charge in [-0.25, -0.2) is 0 Å². The zero-order valence-electron chi connectivity index (χ0n) is 8.99. The lowest BCUT2D eigenvalue weighted by atomic mass is 10.2. The first-order chi connectivity index (χ1) is 7.24. The van der Waals surface area contributed by atoms with Crippen LogP contribution in [0.1, 0.15) is 0 Å². The fraction of sp³-hybridized carbons (Fsp3) is 0.182. The molecule has 0 saturated heterocycles. The maximum atomic E-state index is 7.23. The van der Waals surface area contributed by atoms with E-state index in [1.54, 1.807) is 0 Å². The van der Waals surface area contributed by atoms with Crippen molar-refractivity contribution in [3.8, 4) is 0 Å². The third-order valence-corrected chi connectivity index (χ3v) is 2.24. The van der Waals surface area contributed by atoms with E-state index < -0.39 is 0 Å². The molecule has 1 aromatic carbocycles. The van der Waals surface area contributed by atoms with Crippen LogP contribution in [0.25, 0.3) is 0 Å². The number of benzene rings is 1. The Bertz CT molecular complexity index is 371. The third kappa shape index (κ3) is 2.28. The largest absolute Gasteiger partial charge is 0.403 e. The lowest BCUT2D eigenvalue weighted by Crippen LogP contribution is -2.19. The summed E-state index contributed by atoms with van der Waals surface area (Å²) in [4.78, 5) is 1.86. The Morgan fingerprint density at radius 1 is 1.47 bits per heavy atom. The summed E-state index contributed by atoms with van der Waals surface area (Å²) in [6, 6.07) is 7.85. The minimum absolute atomic E-state index is 0.651. The monoisotopic (exact) mass is 204 g/mol. The first kappa shape index (κ1) is 11.1. The Balaban J connectivity index is 3.09. The predicted molar refractivity (Wildman–Crippen MR) is 65.4 cm³/mol. The predicted octanol–water partition coefficient (Wildman–Crippen LogP) is 1.61. The first-order valence-electron chi connectivity index (χ1n) is 4.67. The normalized spacial score (nSPS) is 10.9. The molecule has 4 nitrogen and oxygen atoms in total. The molecule has 1 rings (SSSR count). The number of allylic oxidation sites excluding steroid dienone is 1. The molecule has 0 spiro atoms. The van der Waals surface area contributed by atoms with Gasteiger partial charge in [-0.2, -0.15) is 0 Å². The van der Waals surface area contributed by atoms with Crippen LogP contribution < -0.4 is 16.0 Å². The molecule has 0 aromatic heterocycles. The van der Waals surface area contributed by atoms with Crippen LogP contribution in [0, 0.1) is 5.41 Å². The van der Waals surface area contributed by atoms with E-state index in [1.807, 2.05) is 43.3 Å². The molecule has 0 heterocycles. The molecule has 0 radical (unpaired) electrons. The van der Waals surface area contributed by atoms with Gasteiger partial charge in [0.05, 0.1) is 17.1 Å². The number of hydrogen-bond acceptors (Lipinski definition) is 4. The van der Waals surface area contributed by atoms with Crippen LogP contribution in [0.4, 0.5) is 11.4 Å². The maximum absolute atomic E-state index is 7.23. The van der Waals surface area contributed by atoms with E-state index >= 15 is 0 Å². The number of nitrogens with two attached hydrogens (primary N) is 1. The third-order valence-electron chi connectivity index (χ3n) is 2.24. The summed E-state index contributed by atoms with van der Waals surface area (Å²) in [5.41, 5.74) is 8.08. The van der Waals surface area contributed by atoms with Crippen molar-refractivity contribution < 1.29 is 0 Å². The summed E-state index contributed by atoms with van der Waals surface area (Å²) in [5, 5.41) is 10.3. The Morgan fingerprint density at radius 3 is 2.67 bits per heavy atom. The van der Waals surface area contributed by atoms with E-state index in [0.717, 1.165) is 11.4 Å². The first-order valence-corrected chi connectivity index (χ1v) is 4.67. The Labute approximate surface area is 89.9 Å². The van der Waals surface area contributed by atoms with Crippen LogP contribution in [-0.2, 0) is 0 Å². The van der Waals surface area contributed by atoms with Crippen molar-refractivity contribution in [2.75, 3.05) is 24.3 Å². The number of rotatable bonds is 4. The number of anilines is 2. The summed E-state index contributed by atoms with van der Waals surface area (Å²) in [7, 11) is 3.74. The second-order valence-electron chi connectivity index (χ2n) is 3.06. The lowest BCUT2D eigenvalue weighted by molar-refractivity contribution is 1.15. The summed E-state index contributed by atoms with van der Waals surface area (Å²) in [5.74, 6) is 0. The van der Waals surface area contributed by atoms with Crippen molar-refractivity contribution in [2.24, 2.45) is 5.73 Å². The van der Waals surface area contributed by atoms with Gasteiger partial charge in [0.2, 0.25) is 0 Å². The quantitative estimate of drug-likeness (QED) is 0.653. The van der Waals surface area contributed by atoms with Gasteiger partial charge in [0.15, 0.2) is 0 Å².